The Kier molecular flexibility index (Phi) is 1.80. The fourth-order valence-corrected chi connectivity index (χ4v) is 0.738. The highest BCUT2D eigenvalue weighted by molar-refractivity contribution is 4.81. The molecule has 0 aromatic carbocycles. The number of aromatic nitrogens is 3. The molecule has 5 nitrogen and oxygen atoms in total. The molecule has 0 amide bonds. The van der Waals surface area contributed by atoms with Crippen molar-refractivity contribution in [1.82, 2.24) is 14.8 Å². The lowest BCUT2D eigenvalue weighted by molar-refractivity contribution is 0.557. The maximum absolute atomic E-state index is 10.9. The van der Waals surface area contributed by atoms with E-state index in [2.05, 4.69) is 16.7 Å². The van der Waals surface area contributed by atoms with Crippen molar-refractivity contribution in [3.63, 3.8) is 0 Å². The Balaban J connectivity index is 3.23. The third-order valence-corrected chi connectivity index (χ3v) is 1.41. The van der Waals surface area contributed by atoms with E-state index >= 15 is 0 Å². The van der Waals surface area contributed by atoms with Gasteiger partial charge in [0.25, 0.3) is 0 Å². The van der Waals surface area contributed by atoms with E-state index in [4.69, 9.17) is 0 Å². The molecular formula is C6H9N3O2. The zero-order valence-electron chi connectivity index (χ0n) is 6.13. The smallest absolute Gasteiger partial charge is 0.257 e. The monoisotopic (exact) mass is 155 g/mol. The van der Waals surface area contributed by atoms with Crippen LogP contribution in [0.1, 0.15) is 13.0 Å². The molecule has 0 aliphatic rings. The summed E-state index contributed by atoms with van der Waals surface area (Å²) in [4.78, 5) is 23.5. The zero-order valence-corrected chi connectivity index (χ0v) is 6.13. The van der Waals surface area contributed by atoms with Gasteiger partial charge in [-0.25, -0.2) is 19.4 Å². The van der Waals surface area contributed by atoms with Gasteiger partial charge in [-0.2, -0.15) is 0 Å². The number of rotatable bonds is 2. The molecule has 0 saturated carbocycles. The van der Waals surface area contributed by atoms with Gasteiger partial charge in [0.2, 0.25) is 0 Å². The summed E-state index contributed by atoms with van der Waals surface area (Å²) in [6, 6.07) is -0.193. The second kappa shape index (κ2) is 2.61. The number of allylic oxidation sites excluding steroid dienone is 1. The van der Waals surface area contributed by atoms with Crippen molar-refractivity contribution in [3.8, 4) is 0 Å². The molecule has 0 radical (unpaired) electrons. The van der Waals surface area contributed by atoms with Gasteiger partial charge in [0.1, 0.15) is 0 Å². The van der Waals surface area contributed by atoms with Crippen LogP contribution >= 0.6 is 0 Å². The van der Waals surface area contributed by atoms with E-state index in [1.54, 1.807) is 13.0 Å². The largest absolute Gasteiger partial charge is 0.344 e. The van der Waals surface area contributed by atoms with Crippen molar-refractivity contribution in [3.05, 3.63) is 33.6 Å². The fraction of sp³-hybridized carbons (Fsp3) is 0.333. The lowest BCUT2D eigenvalue weighted by atomic mass is 10.3. The van der Waals surface area contributed by atoms with E-state index in [0.29, 0.717) is 0 Å². The van der Waals surface area contributed by atoms with Crippen LogP contribution in [0.4, 0.5) is 0 Å². The summed E-state index contributed by atoms with van der Waals surface area (Å²) in [6.45, 7) is 5.24. The van der Waals surface area contributed by atoms with Gasteiger partial charge in [0.05, 0.1) is 6.04 Å². The van der Waals surface area contributed by atoms with Crippen molar-refractivity contribution < 1.29 is 0 Å². The topological polar surface area (TPSA) is 70.7 Å². The Hall–Kier alpha value is -1.52. The molecule has 0 saturated heterocycles. The molecule has 5 heteroatoms. The van der Waals surface area contributed by atoms with Crippen molar-refractivity contribution >= 4 is 0 Å². The molecule has 0 fully saturated rings. The van der Waals surface area contributed by atoms with E-state index in [1.165, 1.54) is 4.68 Å². The summed E-state index contributed by atoms with van der Waals surface area (Å²) in [5, 5.41) is 2.32. The Labute approximate surface area is 62.4 Å². The van der Waals surface area contributed by atoms with Crippen LogP contribution in [0.5, 0.6) is 0 Å². The van der Waals surface area contributed by atoms with Gasteiger partial charge < -0.3 is 0 Å². The molecule has 1 heterocycles. The van der Waals surface area contributed by atoms with Gasteiger partial charge in [-0.15, -0.1) is 6.58 Å². The Morgan fingerprint density at radius 2 is 2.27 bits per heavy atom. The van der Waals surface area contributed by atoms with Gasteiger partial charge in [-0.1, -0.05) is 6.08 Å². The summed E-state index contributed by atoms with van der Waals surface area (Å²) in [6.07, 6.45) is 1.56. The Morgan fingerprint density at radius 1 is 1.64 bits per heavy atom. The van der Waals surface area contributed by atoms with Crippen molar-refractivity contribution in [2.75, 3.05) is 0 Å². The maximum atomic E-state index is 10.9. The SMILES string of the molecule is C=CC(C)n1[nH]c(=O)[nH]c1=O. The van der Waals surface area contributed by atoms with Gasteiger partial charge in [0.15, 0.2) is 0 Å². The molecular weight excluding hydrogens is 146 g/mol. The van der Waals surface area contributed by atoms with Crippen molar-refractivity contribution in [1.29, 1.82) is 0 Å². The molecule has 2 N–H and O–H groups in total. The summed E-state index contributed by atoms with van der Waals surface area (Å²) in [5.41, 5.74) is -0.939. The number of aromatic amines is 2. The number of hydrogen-bond acceptors (Lipinski definition) is 2. The summed E-state index contributed by atoms with van der Waals surface area (Å²) in [7, 11) is 0. The minimum atomic E-state index is -0.497. The normalized spacial score (nSPS) is 12.8. The highest BCUT2D eigenvalue weighted by atomic mass is 16.2. The second-order valence-corrected chi connectivity index (χ2v) is 2.22. The quantitative estimate of drug-likeness (QED) is 0.571. The van der Waals surface area contributed by atoms with E-state index in [0.717, 1.165) is 0 Å². The molecule has 1 atom stereocenters. The molecule has 1 aromatic rings. The first-order valence-corrected chi connectivity index (χ1v) is 3.18. The zero-order chi connectivity index (χ0) is 8.43. The average Bonchev–Trinajstić information content (AvgIpc) is 2.28. The first-order valence-electron chi connectivity index (χ1n) is 3.18. The Bertz CT molecular complexity index is 356. The lowest BCUT2D eigenvalue weighted by Gasteiger charge is -2.02. The van der Waals surface area contributed by atoms with Crippen LogP contribution in [0, 0.1) is 0 Å². The minimum absolute atomic E-state index is 0.193. The number of nitrogens with one attached hydrogen (secondary N) is 2. The van der Waals surface area contributed by atoms with E-state index in [9.17, 15) is 9.59 Å². The number of hydrogen-bond donors (Lipinski definition) is 2. The maximum Gasteiger partial charge on any atom is 0.344 e. The van der Waals surface area contributed by atoms with Crippen LogP contribution in [-0.2, 0) is 0 Å². The molecule has 0 bridgehead atoms. The molecule has 60 valence electrons. The van der Waals surface area contributed by atoms with Crippen LogP contribution in [0.25, 0.3) is 0 Å². The predicted molar refractivity (Wildman–Crippen MR) is 40.6 cm³/mol. The minimum Gasteiger partial charge on any atom is -0.257 e. The van der Waals surface area contributed by atoms with Gasteiger partial charge in [0, 0.05) is 0 Å². The third kappa shape index (κ3) is 1.31. The van der Waals surface area contributed by atoms with Crippen LogP contribution in [-0.4, -0.2) is 14.8 Å². The first kappa shape index (κ1) is 7.59. The molecule has 1 unspecified atom stereocenters. The lowest BCUT2D eigenvalue weighted by Crippen LogP contribution is -2.20. The summed E-state index contributed by atoms with van der Waals surface area (Å²) in [5.74, 6) is 0. The molecule has 0 spiro atoms. The van der Waals surface area contributed by atoms with Crippen LogP contribution < -0.4 is 11.4 Å². The van der Waals surface area contributed by atoms with Gasteiger partial charge in [-0.05, 0) is 6.92 Å². The van der Waals surface area contributed by atoms with Crippen molar-refractivity contribution in [2.45, 2.75) is 13.0 Å². The number of nitrogens with zero attached hydrogens (tertiary/aromatic N) is 1. The van der Waals surface area contributed by atoms with Crippen molar-refractivity contribution in [2.24, 2.45) is 0 Å². The standard InChI is InChI=1S/C6H9N3O2/c1-3-4(2)9-6(11)7-5(10)8-9/h3-4H,1H2,2H3,(H2,7,8,10,11). The molecule has 1 rings (SSSR count). The highest BCUT2D eigenvalue weighted by Gasteiger charge is 2.03. The van der Waals surface area contributed by atoms with Gasteiger partial charge in [-0.3, -0.25) is 4.98 Å². The van der Waals surface area contributed by atoms with Gasteiger partial charge >= 0.3 is 11.4 Å². The number of H-pyrrole nitrogens is 2. The average molecular weight is 155 g/mol. The molecule has 0 aliphatic carbocycles. The van der Waals surface area contributed by atoms with E-state index in [1.807, 2.05) is 0 Å². The fourth-order valence-electron chi connectivity index (χ4n) is 0.738. The second-order valence-electron chi connectivity index (χ2n) is 2.22. The van der Waals surface area contributed by atoms with Crippen LogP contribution in [0.3, 0.4) is 0 Å². The van der Waals surface area contributed by atoms with Crippen LogP contribution in [0.15, 0.2) is 22.2 Å². The van der Waals surface area contributed by atoms with Crippen LogP contribution in [0.2, 0.25) is 0 Å². The summed E-state index contributed by atoms with van der Waals surface area (Å²) >= 11 is 0. The third-order valence-electron chi connectivity index (χ3n) is 1.41. The molecule has 11 heavy (non-hydrogen) atoms. The Morgan fingerprint density at radius 3 is 2.64 bits per heavy atom. The molecule has 1 aromatic heterocycles. The highest BCUT2D eigenvalue weighted by Crippen LogP contribution is 1.96. The summed E-state index contributed by atoms with van der Waals surface area (Å²) < 4.78 is 1.18. The molecule has 0 aliphatic heterocycles. The van der Waals surface area contributed by atoms with E-state index < -0.39 is 11.4 Å². The predicted octanol–water partition coefficient (Wildman–Crippen LogP) is -0.388. The first-order chi connectivity index (χ1) is 5.15. The van der Waals surface area contributed by atoms with E-state index in [-0.39, 0.29) is 6.04 Å².